The predicted octanol–water partition coefficient (Wildman–Crippen LogP) is 3.47. The van der Waals surface area contributed by atoms with Crippen LogP contribution in [0, 0.1) is 17.1 Å². The van der Waals surface area contributed by atoms with Gasteiger partial charge in [0.1, 0.15) is 17.7 Å². The number of rotatable bonds is 2. The summed E-state index contributed by atoms with van der Waals surface area (Å²) in [6.07, 6.45) is 5.34. The molecule has 1 amide bonds. The Kier molecular flexibility index (Phi) is 3.48. The van der Waals surface area contributed by atoms with Crippen LogP contribution in [-0.2, 0) is 5.41 Å². The van der Waals surface area contributed by atoms with E-state index in [2.05, 4.69) is 16.4 Å². The molecular formula is C21H19FN4O. The maximum Gasteiger partial charge on any atom is 0.257 e. The van der Waals surface area contributed by atoms with Crippen LogP contribution in [-0.4, -0.2) is 34.9 Å². The quantitative estimate of drug-likeness (QED) is 0.888. The lowest BCUT2D eigenvalue weighted by Crippen LogP contribution is -2.35. The fraction of sp³-hybridized carbons (Fsp3) is 0.381. The van der Waals surface area contributed by atoms with Crippen LogP contribution < -0.4 is 5.32 Å². The zero-order chi connectivity index (χ0) is 18.6. The summed E-state index contributed by atoms with van der Waals surface area (Å²) >= 11 is 0. The first-order chi connectivity index (χ1) is 13.1. The number of carbonyl (C=O) groups excluding carboxylic acids is 1. The van der Waals surface area contributed by atoms with Crippen molar-refractivity contribution in [3.8, 4) is 17.2 Å². The van der Waals surface area contributed by atoms with Gasteiger partial charge in [0, 0.05) is 41.4 Å². The van der Waals surface area contributed by atoms with Gasteiger partial charge in [-0.05, 0) is 37.8 Å². The average molecular weight is 362 g/mol. The van der Waals surface area contributed by atoms with E-state index in [1.807, 2.05) is 6.07 Å². The maximum absolute atomic E-state index is 15.3. The van der Waals surface area contributed by atoms with Crippen LogP contribution in [0.5, 0.6) is 0 Å². The number of carbonyl (C=O) groups is 1. The summed E-state index contributed by atoms with van der Waals surface area (Å²) in [5, 5.41) is 12.6. The molecule has 1 saturated carbocycles. The molecule has 2 fully saturated rings. The summed E-state index contributed by atoms with van der Waals surface area (Å²) in [7, 11) is 0. The molecule has 3 heterocycles. The van der Waals surface area contributed by atoms with Crippen molar-refractivity contribution in [3.63, 3.8) is 0 Å². The molecule has 0 bridgehead atoms. The Morgan fingerprint density at radius 1 is 1.41 bits per heavy atom. The van der Waals surface area contributed by atoms with E-state index in [9.17, 15) is 10.1 Å². The highest BCUT2D eigenvalue weighted by Gasteiger charge is 2.49. The van der Waals surface area contributed by atoms with Gasteiger partial charge in [-0.3, -0.25) is 4.79 Å². The van der Waals surface area contributed by atoms with E-state index in [-0.39, 0.29) is 11.0 Å². The SMILES string of the molecule is N#C[C@@H]1CCCN1C(=O)c1cccc(-c2cnc3c(c2)C2(CC2)CN3)c1F. The zero-order valence-electron chi connectivity index (χ0n) is 14.8. The molecule has 5 nitrogen and oxygen atoms in total. The molecule has 3 aliphatic rings. The fourth-order valence-corrected chi connectivity index (χ4v) is 4.32. The number of nitrogens with one attached hydrogen (secondary N) is 1. The molecule has 6 heteroatoms. The molecule has 2 aliphatic heterocycles. The van der Waals surface area contributed by atoms with Crippen LogP contribution in [0.3, 0.4) is 0 Å². The van der Waals surface area contributed by atoms with Crippen molar-refractivity contribution in [1.29, 1.82) is 5.26 Å². The molecule has 1 aromatic heterocycles. The van der Waals surface area contributed by atoms with Crippen molar-refractivity contribution in [2.75, 3.05) is 18.4 Å². The lowest BCUT2D eigenvalue weighted by atomic mass is 9.95. The van der Waals surface area contributed by atoms with Gasteiger partial charge in [-0.1, -0.05) is 12.1 Å². The third kappa shape index (κ3) is 2.42. The summed E-state index contributed by atoms with van der Waals surface area (Å²) in [6.45, 7) is 1.39. The summed E-state index contributed by atoms with van der Waals surface area (Å²) in [5.41, 5.74) is 2.41. The third-order valence-corrected chi connectivity index (χ3v) is 6.11. The van der Waals surface area contributed by atoms with E-state index in [4.69, 9.17) is 0 Å². The first kappa shape index (κ1) is 16.2. The largest absolute Gasteiger partial charge is 0.369 e. The van der Waals surface area contributed by atoms with Crippen LogP contribution in [0.25, 0.3) is 11.1 Å². The van der Waals surface area contributed by atoms with E-state index in [1.165, 1.54) is 11.0 Å². The van der Waals surface area contributed by atoms with E-state index < -0.39 is 17.8 Å². The van der Waals surface area contributed by atoms with Crippen LogP contribution in [0.2, 0.25) is 0 Å². The number of nitriles is 1. The van der Waals surface area contributed by atoms with Crippen LogP contribution >= 0.6 is 0 Å². The van der Waals surface area contributed by atoms with Crippen molar-refractivity contribution in [2.45, 2.75) is 37.1 Å². The molecule has 0 unspecified atom stereocenters. The Morgan fingerprint density at radius 3 is 3.04 bits per heavy atom. The minimum atomic E-state index is -0.538. The van der Waals surface area contributed by atoms with Gasteiger partial charge in [-0.25, -0.2) is 9.37 Å². The lowest BCUT2D eigenvalue weighted by molar-refractivity contribution is 0.0760. The average Bonchev–Trinajstić information content (AvgIpc) is 3.17. The number of benzene rings is 1. The number of halogens is 1. The number of hydrogen-bond acceptors (Lipinski definition) is 4. The Bertz CT molecular complexity index is 992. The highest BCUT2D eigenvalue weighted by atomic mass is 19.1. The molecule has 5 rings (SSSR count). The molecule has 1 spiro atoms. The van der Waals surface area contributed by atoms with Crippen LogP contribution in [0.1, 0.15) is 41.6 Å². The molecule has 1 saturated heterocycles. The van der Waals surface area contributed by atoms with Crippen molar-refractivity contribution < 1.29 is 9.18 Å². The summed E-state index contributed by atoms with van der Waals surface area (Å²) in [6, 6.07) is 8.56. The first-order valence-corrected chi connectivity index (χ1v) is 9.37. The molecular weight excluding hydrogens is 343 g/mol. The van der Waals surface area contributed by atoms with Gasteiger partial charge < -0.3 is 10.2 Å². The fourth-order valence-electron chi connectivity index (χ4n) is 4.32. The highest BCUT2D eigenvalue weighted by Crippen LogP contribution is 2.54. The summed E-state index contributed by atoms with van der Waals surface area (Å²) in [5.74, 6) is -0.0608. The van der Waals surface area contributed by atoms with Crippen molar-refractivity contribution >= 4 is 11.7 Å². The van der Waals surface area contributed by atoms with Gasteiger partial charge in [-0.2, -0.15) is 5.26 Å². The standard InChI is InChI=1S/C21H19FN4O/c22-18-15(13-9-17-19(24-11-13)25-12-21(17)6-7-21)4-1-5-16(18)20(27)26-8-2-3-14(26)10-23/h1,4-5,9,11,14H,2-3,6-8,12H2,(H,24,25)/t14-/m0/s1. The Labute approximate surface area is 156 Å². The number of fused-ring (bicyclic) bond motifs is 2. The zero-order valence-corrected chi connectivity index (χ0v) is 14.8. The maximum atomic E-state index is 15.3. The van der Waals surface area contributed by atoms with E-state index in [0.717, 1.165) is 37.2 Å². The van der Waals surface area contributed by atoms with Gasteiger partial charge in [-0.15, -0.1) is 0 Å². The lowest BCUT2D eigenvalue weighted by Gasteiger charge is -2.20. The van der Waals surface area contributed by atoms with Crippen molar-refractivity contribution in [2.24, 2.45) is 0 Å². The van der Waals surface area contributed by atoms with Crippen LogP contribution in [0.4, 0.5) is 10.2 Å². The van der Waals surface area contributed by atoms with E-state index in [0.29, 0.717) is 24.1 Å². The number of hydrogen-bond donors (Lipinski definition) is 1. The summed E-state index contributed by atoms with van der Waals surface area (Å²) in [4.78, 5) is 18.8. The van der Waals surface area contributed by atoms with Gasteiger partial charge in [0.15, 0.2) is 0 Å². The number of amides is 1. The number of likely N-dealkylation sites (tertiary alicyclic amines) is 1. The topological polar surface area (TPSA) is 69.0 Å². The number of nitrogens with zero attached hydrogens (tertiary/aromatic N) is 3. The predicted molar refractivity (Wildman–Crippen MR) is 98.7 cm³/mol. The normalized spacial score (nSPS) is 21.6. The third-order valence-electron chi connectivity index (χ3n) is 6.11. The van der Waals surface area contributed by atoms with E-state index >= 15 is 4.39 Å². The first-order valence-electron chi connectivity index (χ1n) is 9.37. The molecule has 0 radical (unpaired) electrons. The molecule has 1 N–H and O–H groups in total. The van der Waals surface area contributed by atoms with E-state index in [1.54, 1.807) is 18.3 Å². The molecule has 136 valence electrons. The van der Waals surface area contributed by atoms with Gasteiger partial charge in [0.05, 0.1) is 11.6 Å². The number of pyridine rings is 1. The second-order valence-electron chi connectivity index (χ2n) is 7.71. The minimum Gasteiger partial charge on any atom is -0.369 e. The summed E-state index contributed by atoms with van der Waals surface area (Å²) < 4.78 is 15.3. The molecule has 1 atom stereocenters. The smallest absolute Gasteiger partial charge is 0.257 e. The van der Waals surface area contributed by atoms with Gasteiger partial charge in [0.25, 0.3) is 5.91 Å². The Balaban J connectivity index is 1.53. The van der Waals surface area contributed by atoms with Crippen molar-refractivity contribution in [1.82, 2.24) is 9.88 Å². The number of aromatic nitrogens is 1. The molecule has 27 heavy (non-hydrogen) atoms. The Morgan fingerprint density at radius 2 is 2.26 bits per heavy atom. The molecule has 1 aromatic carbocycles. The second-order valence-corrected chi connectivity index (χ2v) is 7.71. The van der Waals surface area contributed by atoms with Gasteiger partial charge >= 0.3 is 0 Å². The molecule has 2 aromatic rings. The Hall–Kier alpha value is -2.94. The second kappa shape index (κ2) is 5.78. The monoisotopic (exact) mass is 362 g/mol. The van der Waals surface area contributed by atoms with Crippen molar-refractivity contribution in [3.05, 3.63) is 47.4 Å². The highest BCUT2D eigenvalue weighted by molar-refractivity contribution is 5.96. The van der Waals surface area contributed by atoms with Gasteiger partial charge in [0.2, 0.25) is 0 Å². The minimum absolute atomic E-state index is 0.0226. The number of anilines is 1. The molecule has 1 aliphatic carbocycles. The van der Waals surface area contributed by atoms with Crippen LogP contribution in [0.15, 0.2) is 30.5 Å².